The molecule has 1 saturated carbocycles. The van der Waals surface area contributed by atoms with Crippen LogP contribution in [0, 0.1) is 5.92 Å². The van der Waals surface area contributed by atoms with E-state index < -0.39 is 11.3 Å². The lowest BCUT2D eigenvalue weighted by atomic mass is 9.86. The molecule has 2 aromatic rings. The number of amides is 1. The molecule has 0 radical (unpaired) electrons. The average Bonchev–Trinajstić information content (AvgIpc) is 3.42. The van der Waals surface area contributed by atoms with Crippen molar-refractivity contribution >= 4 is 17.7 Å². The number of tetrazole rings is 1. The number of rotatable bonds is 13. The first kappa shape index (κ1) is 26.6. The first-order chi connectivity index (χ1) is 17.4. The van der Waals surface area contributed by atoms with Crippen molar-refractivity contribution in [2.75, 3.05) is 6.61 Å². The fraction of sp³-hybridized carbons (Fsp3) is 0.370. The summed E-state index contributed by atoms with van der Waals surface area (Å²) in [5.41, 5.74) is -0.0544. The van der Waals surface area contributed by atoms with E-state index in [1.165, 1.54) is 56.7 Å². The van der Waals surface area contributed by atoms with Crippen molar-refractivity contribution in [3.63, 3.8) is 0 Å². The van der Waals surface area contributed by atoms with Gasteiger partial charge in [0.05, 0.1) is 17.9 Å². The number of nitrogens with one attached hydrogen (secondary N) is 2. The minimum absolute atomic E-state index is 0.0309. The Balaban J connectivity index is 1.49. The molecule has 0 unspecified atom stereocenters. The summed E-state index contributed by atoms with van der Waals surface area (Å²) in [6, 6.07) is 1.21. The molecule has 190 valence electrons. The standard InChI is InChI=1S/C27H33N5O4/c1-5-22-23(33)17-24(26-29-31-32-30-26)36-25(22)20(4)28-27(34)18(2)14-15-19(3)35-16-10-9-13-21-11-7-6-8-12-21/h5,14-15,17,21H,1-4,6-13,16H2,(H,28,34)(H,29,30,31,32)/b15-14-. The number of aromatic nitrogens is 4. The van der Waals surface area contributed by atoms with Crippen LogP contribution in [0.5, 0.6) is 0 Å². The normalized spacial score (nSPS) is 13.9. The Kier molecular flexibility index (Phi) is 9.73. The zero-order valence-corrected chi connectivity index (χ0v) is 20.6. The fourth-order valence-electron chi connectivity index (χ4n) is 4.10. The smallest absolute Gasteiger partial charge is 0.255 e. The second-order valence-electron chi connectivity index (χ2n) is 8.76. The van der Waals surface area contributed by atoms with E-state index in [1.807, 2.05) is 0 Å². The zero-order chi connectivity index (χ0) is 25.9. The van der Waals surface area contributed by atoms with Crippen LogP contribution in [-0.2, 0) is 9.53 Å². The summed E-state index contributed by atoms with van der Waals surface area (Å²) < 4.78 is 11.4. The van der Waals surface area contributed by atoms with Gasteiger partial charge in [0.2, 0.25) is 5.82 Å². The maximum atomic E-state index is 12.6. The van der Waals surface area contributed by atoms with Crippen LogP contribution in [0.4, 0.5) is 0 Å². The predicted octanol–water partition coefficient (Wildman–Crippen LogP) is 4.94. The third-order valence-corrected chi connectivity index (χ3v) is 6.07. The van der Waals surface area contributed by atoms with Gasteiger partial charge in [-0.25, -0.2) is 0 Å². The van der Waals surface area contributed by atoms with E-state index in [-0.39, 0.29) is 34.2 Å². The topological polar surface area (TPSA) is 123 Å². The second-order valence-corrected chi connectivity index (χ2v) is 8.76. The molecule has 0 bridgehead atoms. The molecule has 3 rings (SSSR count). The maximum Gasteiger partial charge on any atom is 0.255 e. The number of ether oxygens (including phenoxy) is 1. The van der Waals surface area contributed by atoms with E-state index >= 15 is 0 Å². The number of H-pyrrole nitrogens is 1. The molecule has 9 nitrogen and oxygen atoms in total. The van der Waals surface area contributed by atoms with Crippen molar-refractivity contribution in [3.05, 3.63) is 77.4 Å². The van der Waals surface area contributed by atoms with Crippen LogP contribution in [0.2, 0.25) is 0 Å². The molecule has 0 atom stereocenters. The van der Waals surface area contributed by atoms with E-state index in [9.17, 15) is 9.59 Å². The Hall–Kier alpha value is -4.01. The van der Waals surface area contributed by atoms with Gasteiger partial charge >= 0.3 is 0 Å². The van der Waals surface area contributed by atoms with Crippen LogP contribution < -0.4 is 10.7 Å². The Labute approximate surface area is 210 Å². The van der Waals surface area contributed by atoms with Gasteiger partial charge in [0.15, 0.2) is 16.9 Å². The van der Waals surface area contributed by atoms with Crippen molar-refractivity contribution in [2.24, 2.45) is 5.92 Å². The summed E-state index contributed by atoms with van der Waals surface area (Å²) in [5.74, 6) is 0.977. The van der Waals surface area contributed by atoms with E-state index in [0.717, 1.165) is 18.8 Å². The minimum Gasteiger partial charge on any atom is -0.494 e. The van der Waals surface area contributed by atoms with Gasteiger partial charge in [0, 0.05) is 11.6 Å². The van der Waals surface area contributed by atoms with Gasteiger partial charge in [0.25, 0.3) is 5.91 Å². The van der Waals surface area contributed by atoms with E-state index in [2.05, 4.69) is 52.3 Å². The predicted molar refractivity (Wildman–Crippen MR) is 139 cm³/mol. The van der Waals surface area contributed by atoms with Gasteiger partial charge in [0.1, 0.15) is 5.76 Å². The molecule has 1 amide bonds. The molecular formula is C27H33N5O4. The number of aromatic amines is 1. The first-order valence-electron chi connectivity index (χ1n) is 12.1. The lowest BCUT2D eigenvalue weighted by Crippen LogP contribution is -2.23. The Morgan fingerprint density at radius 3 is 2.67 bits per heavy atom. The molecule has 2 aromatic heterocycles. The van der Waals surface area contributed by atoms with Crippen molar-refractivity contribution in [3.8, 4) is 11.6 Å². The van der Waals surface area contributed by atoms with Gasteiger partial charge in [-0.1, -0.05) is 70.9 Å². The number of nitrogens with zero attached hydrogens (tertiary/aromatic N) is 3. The van der Waals surface area contributed by atoms with Crippen molar-refractivity contribution < 1.29 is 13.9 Å². The van der Waals surface area contributed by atoms with Crippen molar-refractivity contribution in [1.29, 1.82) is 0 Å². The molecule has 0 saturated heterocycles. The molecule has 9 heteroatoms. The summed E-state index contributed by atoms with van der Waals surface area (Å²) in [6.45, 7) is 15.7. The molecule has 0 aliphatic heterocycles. The van der Waals surface area contributed by atoms with Crippen molar-refractivity contribution in [2.45, 2.75) is 51.4 Å². The quantitative estimate of drug-likeness (QED) is 0.176. The Morgan fingerprint density at radius 1 is 1.19 bits per heavy atom. The van der Waals surface area contributed by atoms with E-state index in [0.29, 0.717) is 12.4 Å². The van der Waals surface area contributed by atoms with Crippen LogP contribution in [0.3, 0.4) is 0 Å². The van der Waals surface area contributed by atoms with Crippen LogP contribution in [-0.4, -0.2) is 33.1 Å². The summed E-state index contributed by atoms with van der Waals surface area (Å²) in [6.07, 6.45) is 14.6. The highest BCUT2D eigenvalue weighted by molar-refractivity contribution is 6.00. The summed E-state index contributed by atoms with van der Waals surface area (Å²) in [4.78, 5) is 25.1. The van der Waals surface area contributed by atoms with E-state index in [4.69, 9.17) is 9.15 Å². The minimum atomic E-state index is -0.529. The van der Waals surface area contributed by atoms with Gasteiger partial charge in [-0.15, -0.1) is 10.2 Å². The molecular weight excluding hydrogens is 458 g/mol. The number of allylic oxidation sites excluding steroid dienone is 1. The number of unbranched alkanes of at least 4 members (excludes halogenated alkanes) is 1. The molecule has 0 aromatic carbocycles. The highest BCUT2D eigenvalue weighted by atomic mass is 16.5. The van der Waals surface area contributed by atoms with Gasteiger partial charge in [-0.2, -0.15) is 5.21 Å². The summed E-state index contributed by atoms with van der Waals surface area (Å²) >= 11 is 0. The highest BCUT2D eigenvalue weighted by Crippen LogP contribution is 2.27. The van der Waals surface area contributed by atoms with Crippen LogP contribution >= 0.6 is 0 Å². The Bertz CT molecular complexity index is 1190. The fourth-order valence-corrected chi connectivity index (χ4v) is 4.10. The van der Waals surface area contributed by atoms with Gasteiger partial charge in [-0.05, 0) is 36.1 Å². The number of hydrogen-bond acceptors (Lipinski definition) is 7. The molecule has 1 fully saturated rings. The number of carbonyl (C=O) groups excluding carboxylic acids is 1. The Morgan fingerprint density at radius 2 is 1.97 bits per heavy atom. The monoisotopic (exact) mass is 491 g/mol. The summed E-state index contributed by atoms with van der Waals surface area (Å²) in [7, 11) is 0. The molecule has 1 aliphatic carbocycles. The first-order valence-corrected chi connectivity index (χ1v) is 12.1. The van der Waals surface area contributed by atoms with E-state index in [1.54, 1.807) is 6.08 Å². The third-order valence-electron chi connectivity index (χ3n) is 6.07. The molecule has 2 N–H and O–H groups in total. The molecule has 2 heterocycles. The third kappa shape index (κ3) is 7.49. The lowest BCUT2D eigenvalue weighted by molar-refractivity contribution is -0.116. The number of carbonyl (C=O) groups is 1. The molecule has 1 aliphatic rings. The number of hydrogen-bond donors (Lipinski definition) is 2. The van der Waals surface area contributed by atoms with Crippen LogP contribution in [0.25, 0.3) is 23.4 Å². The molecule has 0 spiro atoms. The summed E-state index contributed by atoms with van der Waals surface area (Å²) in [5, 5.41) is 15.9. The highest BCUT2D eigenvalue weighted by Gasteiger charge is 2.18. The van der Waals surface area contributed by atoms with Crippen molar-refractivity contribution in [1.82, 2.24) is 25.9 Å². The van der Waals surface area contributed by atoms with Crippen LogP contribution in [0.1, 0.15) is 62.7 Å². The van der Waals surface area contributed by atoms with Gasteiger partial charge < -0.3 is 14.5 Å². The second kappa shape index (κ2) is 13.2. The SMILES string of the molecule is C=Cc1c(C(=C)NC(=O)C(=C)/C=C\C(=C)OCCCCC2CCCCC2)oc(-c2nn[nH]n2)cc1=O. The zero-order valence-electron chi connectivity index (χ0n) is 20.6. The largest absolute Gasteiger partial charge is 0.494 e. The maximum absolute atomic E-state index is 12.6. The van der Waals surface area contributed by atoms with Crippen LogP contribution in [0.15, 0.2) is 65.1 Å². The molecule has 36 heavy (non-hydrogen) atoms. The average molecular weight is 492 g/mol. The van der Waals surface area contributed by atoms with Gasteiger partial charge in [-0.3, -0.25) is 9.59 Å². The lowest BCUT2D eigenvalue weighted by Gasteiger charge is -2.21.